The number of alkyl halides is 3. The van der Waals surface area contributed by atoms with Crippen LogP contribution in [-0.4, -0.2) is 11.2 Å². The fourth-order valence-corrected chi connectivity index (χ4v) is 2.76. The van der Waals surface area contributed by atoms with Crippen molar-refractivity contribution in [3.05, 3.63) is 59.7 Å². The predicted molar refractivity (Wildman–Crippen MR) is 86.6 cm³/mol. The number of hydrogen-bond acceptors (Lipinski definition) is 2. The zero-order chi connectivity index (χ0) is 17.0. The molecule has 0 aliphatic heterocycles. The fraction of sp³-hybridized carbons (Fsp3) is 0.235. The van der Waals surface area contributed by atoms with Crippen LogP contribution < -0.4 is 5.32 Å². The SMILES string of the molecule is Cc1ccc(S[C@H](C)C(=O)Nc2cccc(C(F)(F)F)c2)cc1. The lowest BCUT2D eigenvalue weighted by Gasteiger charge is -2.13. The average molecular weight is 339 g/mol. The molecule has 0 saturated heterocycles. The second kappa shape index (κ2) is 7.08. The van der Waals surface area contributed by atoms with Gasteiger partial charge in [-0.15, -0.1) is 11.8 Å². The molecular weight excluding hydrogens is 323 g/mol. The molecular formula is C17H16F3NOS. The van der Waals surface area contributed by atoms with E-state index in [1.54, 1.807) is 6.92 Å². The summed E-state index contributed by atoms with van der Waals surface area (Å²) in [7, 11) is 0. The first-order valence-electron chi connectivity index (χ1n) is 6.97. The molecule has 0 radical (unpaired) electrons. The van der Waals surface area contributed by atoms with Gasteiger partial charge in [-0.2, -0.15) is 13.2 Å². The molecule has 0 saturated carbocycles. The summed E-state index contributed by atoms with van der Waals surface area (Å²) in [6.45, 7) is 3.69. The van der Waals surface area contributed by atoms with Crippen molar-refractivity contribution >= 4 is 23.4 Å². The molecule has 122 valence electrons. The molecule has 0 aliphatic rings. The number of amides is 1. The van der Waals surface area contributed by atoms with Crippen molar-refractivity contribution in [2.75, 3.05) is 5.32 Å². The van der Waals surface area contributed by atoms with E-state index in [2.05, 4.69) is 5.32 Å². The first-order valence-corrected chi connectivity index (χ1v) is 7.85. The lowest BCUT2D eigenvalue weighted by atomic mass is 10.2. The third-order valence-corrected chi connectivity index (χ3v) is 4.27. The number of carbonyl (C=O) groups excluding carboxylic acids is 1. The Labute approximate surface area is 137 Å². The summed E-state index contributed by atoms with van der Waals surface area (Å²) in [5.74, 6) is -0.338. The first-order chi connectivity index (χ1) is 10.8. The summed E-state index contributed by atoms with van der Waals surface area (Å²) in [5, 5.41) is 2.10. The van der Waals surface area contributed by atoms with Crippen molar-refractivity contribution in [1.29, 1.82) is 0 Å². The summed E-state index contributed by atoms with van der Waals surface area (Å²) in [6.07, 6.45) is -4.43. The Morgan fingerprint density at radius 3 is 2.39 bits per heavy atom. The smallest absolute Gasteiger partial charge is 0.325 e. The van der Waals surface area contributed by atoms with Gasteiger partial charge in [-0.1, -0.05) is 23.8 Å². The number of hydrogen-bond donors (Lipinski definition) is 1. The van der Waals surface area contributed by atoms with Crippen molar-refractivity contribution in [2.45, 2.75) is 30.2 Å². The van der Waals surface area contributed by atoms with E-state index in [0.717, 1.165) is 22.6 Å². The van der Waals surface area contributed by atoms with Crippen molar-refractivity contribution < 1.29 is 18.0 Å². The molecule has 0 bridgehead atoms. The third-order valence-electron chi connectivity index (χ3n) is 3.16. The highest BCUT2D eigenvalue weighted by Crippen LogP contribution is 2.31. The number of nitrogens with one attached hydrogen (secondary N) is 1. The van der Waals surface area contributed by atoms with E-state index in [-0.39, 0.29) is 11.6 Å². The molecule has 0 heterocycles. The minimum absolute atomic E-state index is 0.140. The van der Waals surface area contributed by atoms with Gasteiger partial charge in [0.05, 0.1) is 10.8 Å². The standard InChI is InChI=1S/C17H16F3NOS/c1-11-6-8-15(9-7-11)23-12(2)16(22)21-14-5-3-4-13(10-14)17(18,19)20/h3-10,12H,1-2H3,(H,21,22)/t12-/m1/s1. The van der Waals surface area contributed by atoms with Gasteiger partial charge in [-0.25, -0.2) is 0 Å². The van der Waals surface area contributed by atoms with Crippen LogP contribution in [0.25, 0.3) is 0 Å². The maximum Gasteiger partial charge on any atom is 0.416 e. The number of halogens is 3. The summed E-state index contributed by atoms with van der Waals surface area (Å²) in [6, 6.07) is 12.3. The van der Waals surface area contributed by atoms with Crippen molar-refractivity contribution in [2.24, 2.45) is 0 Å². The lowest BCUT2D eigenvalue weighted by Crippen LogP contribution is -2.22. The van der Waals surface area contributed by atoms with E-state index in [9.17, 15) is 18.0 Å². The second-order valence-electron chi connectivity index (χ2n) is 5.14. The molecule has 2 nitrogen and oxygen atoms in total. The van der Waals surface area contributed by atoms with Crippen LogP contribution in [0, 0.1) is 6.92 Å². The highest BCUT2D eigenvalue weighted by atomic mass is 32.2. The molecule has 6 heteroatoms. The van der Waals surface area contributed by atoms with Gasteiger partial charge in [0.2, 0.25) is 5.91 Å². The van der Waals surface area contributed by atoms with Crippen LogP contribution in [-0.2, 0) is 11.0 Å². The maximum absolute atomic E-state index is 12.7. The minimum atomic E-state index is -4.43. The van der Waals surface area contributed by atoms with Gasteiger partial charge in [0.15, 0.2) is 0 Å². The van der Waals surface area contributed by atoms with Crippen LogP contribution in [0.4, 0.5) is 18.9 Å². The normalized spacial score (nSPS) is 12.7. The zero-order valence-corrected chi connectivity index (χ0v) is 13.5. The monoisotopic (exact) mass is 339 g/mol. The Hall–Kier alpha value is -1.95. The van der Waals surface area contributed by atoms with Crippen molar-refractivity contribution in [3.63, 3.8) is 0 Å². The molecule has 2 aromatic rings. The Kier molecular flexibility index (Phi) is 5.36. The molecule has 1 amide bonds. The number of aryl methyl sites for hydroxylation is 1. The van der Waals surface area contributed by atoms with Crippen LogP contribution >= 0.6 is 11.8 Å². The topological polar surface area (TPSA) is 29.1 Å². The predicted octanol–water partition coefficient (Wildman–Crippen LogP) is 5.13. The van der Waals surface area contributed by atoms with E-state index in [1.807, 2.05) is 31.2 Å². The van der Waals surface area contributed by atoms with E-state index >= 15 is 0 Å². The van der Waals surface area contributed by atoms with E-state index in [1.165, 1.54) is 23.9 Å². The lowest BCUT2D eigenvalue weighted by molar-refractivity contribution is -0.137. The van der Waals surface area contributed by atoms with E-state index in [4.69, 9.17) is 0 Å². The van der Waals surface area contributed by atoms with Gasteiger partial charge in [0.25, 0.3) is 0 Å². The average Bonchev–Trinajstić information content (AvgIpc) is 2.49. The van der Waals surface area contributed by atoms with Crippen LogP contribution in [0.3, 0.4) is 0 Å². The number of thioether (sulfide) groups is 1. The first kappa shape index (κ1) is 17.4. The van der Waals surface area contributed by atoms with Gasteiger partial charge in [-0.3, -0.25) is 4.79 Å². The molecule has 1 atom stereocenters. The summed E-state index contributed by atoms with van der Waals surface area (Å²) in [5.41, 5.74) is 0.478. The van der Waals surface area contributed by atoms with Gasteiger partial charge in [0, 0.05) is 10.6 Å². The molecule has 2 aromatic carbocycles. The third kappa shape index (κ3) is 5.03. The Bertz CT molecular complexity index is 683. The fourth-order valence-electron chi connectivity index (χ4n) is 1.89. The molecule has 2 rings (SSSR count). The van der Waals surface area contributed by atoms with Crippen LogP contribution in [0.2, 0.25) is 0 Å². The summed E-state index contributed by atoms with van der Waals surface area (Å²) >= 11 is 1.36. The quantitative estimate of drug-likeness (QED) is 0.782. The van der Waals surface area contributed by atoms with Gasteiger partial charge >= 0.3 is 6.18 Å². The highest BCUT2D eigenvalue weighted by Gasteiger charge is 2.30. The summed E-state index contributed by atoms with van der Waals surface area (Å²) in [4.78, 5) is 13.1. The van der Waals surface area contributed by atoms with Gasteiger partial charge in [-0.05, 0) is 44.2 Å². The van der Waals surface area contributed by atoms with Crippen LogP contribution in [0.5, 0.6) is 0 Å². The Balaban J connectivity index is 2.02. The summed E-state index contributed by atoms with van der Waals surface area (Å²) < 4.78 is 38.0. The molecule has 0 aliphatic carbocycles. The van der Waals surface area contributed by atoms with Crippen molar-refractivity contribution in [3.8, 4) is 0 Å². The number of benzene rings is 2. The maximum atomic E-state index is 12.7. The molecule has 0 fully saturated rings. The van der Waals surface area contributed by atoms with Gasteiger partial charge in [0.1, 0.15) is 0 Å². The zero-order valence-electron chi connectivity index (χ0n) is 12.6. The van der Waals surface area contributed by atoms with Crippen LogP contribution in [0.15, 0.2) is 53.4 Å². The number of anilines is 1. The minimum Gasteiger partial charge on any atom is -0.325 e. The van der Waals surface area contributed by atoms with Crippen LogP contribution in [0.1, 0.15) is 18.1 Å². The molecule has 23 heavy (non-hydrogen) atoms. The largest absolute Gasteiger partial charge is 0.416 e. The molecule has 1 N–H and O–H groups in total. The Morgan fingerprint density at radius 1 is 1.13 bits per heavy atom. The number of carbonyl (C=O) groups is 1. The molecule has 0 unspecified atom stereocenters. The van der Waals surface area contributed by atoms with Crippen molar-refractivity contribution in [1.82, 2.24) is 0 Å². The highest BCUT2D eigenvalue weighted by molar-refractivity contribution is 8.00. The molecule has 0 aromatic heterocycles. The van der Waals surface area contributed by atoms with Gasteiger partial charge < -0.3 is 5.32 Å². The number of rotatable bonds is 4. The molecule has 0 spiro atoms. The van der Waals surface area contributed by atoms with E-state index < -0.39 is 17.0 Å². The van der Waals surface area contributed by atoms with E-state index in [0.29, 0.717) is 0 Å². The Morgan fingerprint density at radius 2 is 1.78 bits per heavy atom. The second-order valence-corrected chi connectivity index (χ2v) is 6.56.